The van der Waals surface area contributed by atoms with Crippen LogP contribution in [0.3, 0.4) is 0 Å². The van der Waals surface area contributed by atoms with Crippen LogP contribution in [0.15, 0.2) is 114 Å². The minimum Gasteiger partial charge on any atom is -0.478 e. The average molecular weight is 1330 g/mol. The number of nitrogens with one attached hydrogen (secondary N) is 2. The van der Waals surface area contributed by atoms with Gasteiger partial charge < -0.3 is 33.9 Å². The van der Waals surface area contributed by atoms with Crippen molar-refractivity contribution in [2.45, 2.75) is 85.0 Å². The summed E-state index contributed by atoms with van der Waals surface area (Å²) < 4.78 is 101. The molecule has 0 heterocycles. The molecule has 6 aromatic rings. The highest BCUT2D eigenvalue weighted by molar-refractivity contribution is 9.10. The van der Waals surface area contributed by atoms with Crippen molar-refractivity contribution in [2.75, 3.05) is 28.4 Å². The van der Waals surface area contributed by atoms with Crippen LogP contribution in [-0.4, -0.2) is 85.5 Å². The van der Waals surface area contributed by atoms with Gasteiger partial charge >= 0.3 is 35.8 Å². The van der Waals surface area contributed by atoms with Gasteiger partial charge in [0, 0.05) is 12.3 Å². The molecular weight excluding hydrogens is 1270 g/mol. The summed E-state index contributed by atoms with van der Waals surface area (Å²) in [4.78, 5) is 64.6. The standard InChI is InChI=1S/C11H11FO4.C9H8BrFO2.C9H9FO3.C9H9FO2.C8H7FO2.C8H14N4.C7H6BrF/c1-7(13)16-6-8-3-4-9(10(12)5-8)11(14)15-2;1-13-9(12)7-3-2-6(5-10)4-8(7)11;1-13-9(12)7-3-2-6(5-11)4-8(7)10;1-6-3-4-7(8(10)5-6)9(11)12-2;1-5-2-3-6(8(10)11)7(9)4-5;1-7(2,5-9)11-12-8(3,4)6-10;1-5-2-3-6(8)7(9)4-5/h3-5H,6H2,1-2H3;2-4H,5H2,1H3;2-4,11H,5H2,1H3;3-5H,1-2H3;2-4H,1H3,(H,10,11);11-12H,1-4H3;2-4H,1H3. The predicted molar refractivity (Wildman–Crippen MR) is 312 cm³/mol. The first-order chi connectivity index (χ1) is 40.2. The van der Waals surface area contributed by atoms with Crippen molar-refractivity contribution in [3.8, 4) is 12.1 Å². The van der Waals surface area contributed by atoms with Crippen molar-refractivity contribution in [3.05, 3.63) is 210 Å². The number of nitrogens with zero attached hydrogens (tertiary/aromatic N) is 2. The summed E-state index contributed by atoms with van der Waals surface area (Å²) in [5, 5.41) is 34.9. The van der Waals surface area contributed by atoms with Crippen molar-refractivity contribution in [3.63, 3.8) is 0 Å². The first-order valence-electron chi connectivity index (χ1n) is 24.7. The molecule has 17 nitrogen and oxygen atoms in total. The number of methoxy groups -OCH3 is 4. The third-order valence-electron chi connectivity index (χ3n) is 10.3. The topological polar surface area (TPSA) is 261 Å². The Bertz CT molecular complexity index is 3260. The van der Waals surface area contributed by atoms with Crippen LogP contribution in [0.25, 0.3) is 0 Å². The minimum atomic E-state index is -1.23. The van der Waals surface area contributed by atoms with Gasteiger partial charge in [-0.3, -0.25) is 4.79 Å². The number of esters is 5. The van der Waals surface area contributed by atoms with E-state index in [1.165, 1.54) is 102 Å². The van der Waals surface area contributed by atoms with E-state index in [2.05, 4.69) is 78.5 Å². The first kappa shape index (κ1) is 77.5. The zero-order chi connectivity index (χ0) is 66.1. The molecule has 0 amide bonds. The Labute approximate surface area is 511 Å². The number of carboxylic acids is 1. The molecule has 0 fully saturated rings. The molecule has 0 aliphatic heterocycles. The van der Waals surface area contributed by atoms with E-state index in [1.807, 2.05) is 13.0 Å². The molecule has 0 saturated carbocycles. The molecule has 25 heteroatoms. The van der Waals surface area contributed by atoms with Crippen molar-refractivity contribution in [2.24, 2.45) is 0 Å². The number of carbonyl (C=O) groups excluding carboxylic acids is 5. The molecule has 6 rings (SSSR count). The summed E-state index contributed by atoms with van der Waals surface area (Å²) in [6.07, 6.45) is 0. The summed E-state index contributed by atoms with van der Waals surface area (Å²) in [6.45, 7) is 13.2. The highest BCUT2D eigenvalue weighted by Gasteiger charge is 2.22. The van der Waals surface area contributed by atoms with Crippen LogP contribution in [0.2, 0.25) is 0 Å². The van der Waals surface area contributed by atoms with Gasteiger partial charge in [-0.25, -0.2) is 61.2 Å². The lowest BCUT2D eigenvalue weighted by Gasteiger charge is -2.24. The quantitative estimate of drug-likeness (QED) is 0.0292. The van der Waals surface area contributed by atoms with Gasteiger partial charge in [-0.1, -0.05) is 52.3 Å². The summed E-state index contributed by atoms with van der Waals surface area (Å²) in [7, 11) is 4.80. The number of benzene rings is 6. The Kier molecular flexibility index (Phi) is 35.4. The highest BCUT2D eigenvalue weighted by atomic mass is 79.9. The Morgan fingerprint density at radius 1 is 0.500 bits per heavy atom. The Morgan fingerprint density at radius 3 is 1.09 bits per heavy atom. The number of aliphatic hydroxyl groups excluding tert-OH is 1. The van der Waals surface area contributed by atoms with Crippen LogP contribution in [0.4, 0.5) is 26.3 Å². The smallest absolute Gasteiger partial charge is 0.340 e. The second-order valence-electron chi connectivity index (χ2n) is 18.4. The second-order valence-corrected chi connectivity index (χ2v) is 19.8. The Morgan fingerprint density at radius 2 is 0.802 bits per heavy atom. The van der Waals surface area contributed by atoms with Crippen LogP contribution in [0, 0.1) is 78.3 Å². The fraction of sp³-hybridized carbons (Fsp3) is 0.279. The average Bonchev–Trinajstić information content (AvgIpc) is 3.44. The number of aliphatic hydroxyl groups is 1. The van der Waals surface area contributed by atoms with E-state index in [0.717, 1.165) is 28.8 Å². The third kappa shape index (κ3) is 29.4. The molecule has 0 aromatic heterocycles. The molecule has 86 heavy (non-hydrogen) atoms. The van der Waals surface area contributed by atoms with E-state index in [-0.39, 0.29) is 46.8 Å². The van der Waals surface area contributed by atoms with Crippen LogP contribution in [-0.2, 0) is 47.0 Å². The summed E-state index contributed by atoms with van der Waals surface area (Å²) >= 11 is 6.24. The molecule has 462 valence electrons. The Balaban J connectivity index is 0.000000985. The highest BCUT2D eigenvalue weighted by Crippen LogP contribution is 2.18. The molecule has 4 N–H and O–H groups in total. The lowest BCUT2D eigenvalue weighted by atomic mass is 10.1. The van der Waals surface area contributed by atoms with Crippen LogP contribution < -0.4 is 10.9 Å². The fourth-order valence-corrected chi connectivity index (χ4v) is 6.21. The van der Waals surface area contributed by atoms with Crippen molar-refractivity contribution >= 4 is 67.7 Å². The van der Waals surface area contributed by atoms with E-state index < -0.39 is 76.0 Å². The first-order valence-corrected chi connectivity index (χ1v) is 26.6. The lowest BCUT2D eigenvalue weighted by Crippen LogP contribution is -2.55. The maximum Gasteiger partial charge on any atom is 0.340 e. The number of hydrogen-bond donors (Lipinski definition) is 4. The summed E-state index contributed by atoms with van der Waals surface area (Å²) in [5.41, 5.74) is 7.71. The van der Waals surface area contributed by atoms with Crippen LogP contribution in [0.1, 0.15) is 120 Å². The minimum absolute atomic E-state index is 0.0201. The van der Waals surface area contributed by atoms with Gasteiger partial charge in [-0.2, -0.15) is 10.5 Å². The maximum atomic E-state index is 13.4. The molecule has 0 radical (unpaired) electrons. The van der Waals surface area contributed by atoms with E-state index in [1.54, 1.807) is 65.8 Å². The van der Waals surface area contributed by atoms with Crippen molar-refractivity contribution in [1.29, 1.82) is 10.5 Å². The molecule has 0 aliphatic rings. The normalized spacial score (nSPS) is 9.99. The summed E-state index contributed by atoms with van der Waals surface area (Å²) in [5.74, 6) is -7.79. The molecule has 0 unspecified atom stereocenters. The molecule has 0 bridgehead atoms. The van der Waals surface area contributed by atoms with Gasteiger partial charge in [0.25, 0.3) is 0 Å². The summed E-state index contributed by atoms with van der Waals surface area (Å²) in [6, 6.07) is 29.7. The number of aryl methyl sites for hydroxylation is 3. The molecule has 0 spiro atoms. The van der Waals surface area contributed by atoms with E-state index in [4.69, 9.17) is 20.7 Å². The molecule has 0 aliphatic carbocycles. The van der Waals surface area contributed by atoms with E-state index in [0.29, 0.717) is 26.5 Å². The number of hydrogen-bond acceptors (Lipinski definition) is 16. The fourth-order valence-electron chi connectivity index (χ4n) is 5.62. The van der Waals surface area contributed by atoms with Crippen molar-refractivity contribution in [1.82, 2.24) is 10.9 Å². The molecule has 0 saturated heterocycles. The number of hydrazine groups is 1. The van der Waals surface area contributed by atoms with Crippen LogP contribution in [0.5, 0.6) is 0 Å². The third-order valence-corrected chi connectivity index (χ3v) is 11.6. The zero-order valence-corrected chi connectivity index (χ0v) is 52.0. The van der Waals surface area contributed by atoms with Gasteiger partial charge in [0.2, 0.25) is 0 Å². The zero-order valence-electron chi connectivity index (χ0n) is 48.8. The SMILES string of the molecule is CC(C)(C#N)NNC(C)(C)C#N.COC(=O)c1ccc(C)cc1F.COC(=O)c1ccc(CBr)cc1F.COC(=O)c1ccc(CO)cc1F.COC(=O)c1ccc(COC(C)=O)cc1F.Cc1ccc(Br)c(F)c1.Cc1ccc(C(=O)O)c(F)c1. The largest absolute Gasteiger partial charge is 0.478 e. The number of rotatable bonds is 12. The maximum absolute atomic E-state index is 13.4. The number of ether oxygens (including phenoxy) is 5. The van der Waals surface area contributed by atoms with Crippen molar-refractivity contribution < 1.29 is 89.0 Å². The molecule has 6 aromatic carbocycles. The van der Waals surface area contributed by atoms with Gasteiger partial charge in [0.15, 0.2) is 0 Å². The van der Waals surface area contributed by atoms with Gasteiger partial charge in [0.05, 0.1) is 79.5 Å². The number of carboxylic acid groups (broad SMARTS) is 1. The monoisotopic (exact) mass is 1330 g/mol. The number of carbonyl (C=O) groups is 6. The number of nitriles is 2. The predicted octanol–water partition coefficient (Wildman–Crippen LogP) is 12.6. The number of alkyl halides is 1. The van der Waals surface area contributed by atoms with Gasteiger partial charge in [-0.15, -0.1) is 0 Å². The Hall–Kier alpha value is -8.46. The van der Waals surface area contributed by atoms with Gasteiger partial charge in [-0.05, 0) is 171 Å². The molecule has 0 atom stereocenters. The molecular formula is C61H64Br2F6N4O13. The van der Waals surface area contributed by atoms with E-state index >= 15 is 0 Å². The van der Waals surface area contributed by atoms with E-state index in [9.17, 15) is 55.1 Å². The number of aromatic carboxylic acids is 1. The number of halogens is 8. The van der Waals surface area contributed by atoms with Gasteiger partial charge in [0.1, 0.15) is 52.6 Å². The lowest BCUT2D eigenvalue weighted by molar-refractivity contribution is -0.142. The van der Waals surface area contributed by atoms with Crippen LogP contribution >= 0.6 is 31.9 Å². The second kappa shape index (κ2) is 39.2.